The Bertz CT molecular complexity index is 1590. The molecule has 206 valence electrons. The van der Waals surface area contributed by atoms with Crippen LogP contribution < -0.4 is 15.0 Å². The molecule has 1 aliphatic heterocycles. The zero-order chi connectivity index (χ0) is 28.9. The van der Waals surface area contributed by atoms with Gasteiger partial charge in [0, 0.05) is 12.2 Å². The van der Waals surface area contributed by atoms with Gasteiger partial charge in [0.05, 0.1) is 18.4 Å². The predicted molar refractivity (Wildman–Crippen MR) is 151 cm³/mol. The smallest absolute Gasteiger partial charge is 0.299 e. The van der Waals surface area contributed by atoms with Crippen molar-refractivity contribution in [3.05, 3.63) is 126 Å². The van der Waals surface area contributed by atoms with Gasteiger partial charge < -0.3 is 15.0 Å². The van der Waals surface area contributed by atoms with Crippen LogP contribution in [0.1, 0.15) is 27.5 Å². The second-order valence-electron chi connectivity index (χ2n) is 9.42. The van der Waals surface area contributed by atoms with Gasteiger partial charge in [-0.3, -0.25) is 24.1 Å². The van der Waals surface area contributed by atoms with Crippen LogP contribution in [-0.2, 0) is 20.9 Å². The monoisotopic (exact) mass is 551 g/mol. The Morgan fingerprint density at radius 3 is 2.22 bits per heavy atom. The summed E-state index contributed by atoms with van der Waals surface area (Å²) >= 11 is 0. The Morgan fingerprint density at radius 1 is 0.878 bits per heavy atom. The minimum absolute atomic E-state index is 0.00930. The van der Waals surface area contributed by atoms with Gasteiger partial charge in [0.25, 0.3) is 17.6 Å². The van der Waals surface area contributed by atoms with Crippen molar-refractivity contribution in [3.8, 4) is 5.75 Å². The number of fused-ring (bicyclic) bond motifs is 1. The number of methoxy groups -OCH3 is 1. The van der Waals surface area contributed by atoms with Crippen molar-refractivity contribution in [1.82, 2.24) is 4.90 Å². The number of benzene rings is 4. The lowest BCUT2D eigenvalue weighted by Gasteiger charge is -2.33. The van der Waals surface area contributed by atoms with E-state index in [2.05, 4.69) is 5.32 Å². The molecule has 4 aromatic carbocycles. The quantitative estimate of drug-likeness (QED) is 0.302. The third kappa shape index (κ3) is 5.84. The third-order valence-corrected chi connectivity index (χ3v) is 6.79. The molecule has 0 radical (unpaired) electrons. The van der Waals surface area contributed by atoms with Crippen LogP contribution >= 0.6 is 0 Å². The van der Waals surface area contributed by atoms with E-state index < -0.39 is 41.9 Å². The summed E-state index contributed by atoms with van der Waals surface area (Å²) in [5.74, 6) is -2.54. The van der Waals surface area contributed by atoms with Gasteiger partial charge in [-0.25, -0.2) is 4.39 Å². The van der Waals surface area contributed by atoms with Crippen molar-refractivity contribution >= 4 is 34.9 Å². The van der Waals surface area contributed by atoms with Crippen molar-refractivity contribution in [2.75, 3.05) is 23.9 Å². The second kappa shape index (κ2) is 11.8. The van der Waals surface area contributed by atoms with Gasteiger partial charge in [-0.2, -0.15) is 0 Å². The van der Waals surface area contributed by atoms with E-state index in [9.17, 15) is 23.6 Å². The van der Waals surface area contributed by atoms with E-state index in [1.807, 2.05) is 18.2 Å². The molecule has 1 N–H and O–H groups in total. The summed E-state index contributed by atoms with van der Waals surface area (Å²) in [6, 6.07) is 26.3. The molecule has 0 spiro atoms. The molecule has 1 heterocycles. The number of ether oxygens (including phenoxy) is 1. The summed E-state index contributed by atoms with van der Waals surface area (Å²) in [6.07, 6.45) is 0. The molecule has 0 saturated heterocycles. The van der Waals surface area contributed by atoms with Crippen molar-refractivity contribution < 1.29 is 28.3 Å². The van der Waals surface area contributed by atoms with E-state index >= 15 is 0 Å². The van der Waals surface area contributed by atoms with Crippen LogP contribution in [0, 0.1) is 5.82 Å². The molecule has 0 fully saturated rings. The molecule has 1 atom stereocenters. The number of anilines is 2. The van der Waals surface area contributed by atoms with E-state index in [4.69, 9.17) is 4.74 Å². The molecular formula is C32H26FN3O5. The Hall–Kier alpha value is -5.31. The first kappa shape index (κ1) is 27.3. The second-order valence-corrected chi connectivity index (χ2v) is 9.42. The summed E-state index contributed by atoms with van der Waals surface area (Å²) < 4.78 is 19.1. The molecule has 0 bridgehead atoms. The molecule has 0 aliphatic carbocycles. The van der Waals surface area contributed by atoms with Crippen molar-refractivity contribution in [2.45, 2.75) is 12.6 Å². The Morgan fingerprint density at radius 2 is 1.54 bits per heavy atom. The topological polar surface area (TPSA) is 96.0 Å². The average Bonchev–Trinajstić information content (AvgIpc) is 3.23. The highest BCUT2D eigenvalue weighted by molar-refractivity contribution is 6.52. The van der Waals surface area contributed by atoms with Gasteiger partial charge in [-0.1, -0.05) is 54.6 Å². The average molecular weight is 552 g/mol. The van der Waals surface area contributed by atoms with E-state index in [0.717, 1.165) is 10.5 Å². The molecule has 41 heavy (non-hydrogen) atoms. The summed E-state index contributed by atoms with van der Waals surface area (Å²) in [5, 5.41) is 2.84. The lowest BCUT2D eigenvalue weighted by Crippen LogP contribution is -2.46. The maximum atomic E-state index is 14.0. The number of nitrogens with zero attached hydrogens (tertiary/aromatic N) is 2. The Kier molecular flexibility index (Phi) is 7.87. The maximum absolute atomic E-state index is 14.0. The largest absolute Gasteiger partial charge is 0.497 e. The number of carbonyl (C=O) groups excluding carboxylic acids is 4. The molecule has 4 aromatic rings. The molecule has 8 nitrogen and oxygen atoms in total. The van der Waals surface area contributed by atoms with Gasteiger partial charge >= 0.3 is 0 Å². The lowest BCUT2D eigenvalue weighted by molar-refractivity contribution is -0.139. The molecule has 3 amide bonds. The van der Waals surface area contributed by atoms with Gasteiger partial charge in [-0.05, 0) is 59.7 Å². The molecule has 9 heteroatoms. The minimum atomic E-state index is -1.20. The standard InChI is InChI=1S/C32H26FN3O5/c1-41-25-17-15-24(16-18-25)34-31(39)29(22-11-13-23(33)14-12-22)36(19-21-7-3-2-4-8-21)28(37)20-35-27-10-6-5-9-26(27)30(38)32(35)40/h2-18,29H,19-20H2,1H3,(H,34,39). The van der Waals surface area contributed by atoms with E-state index in [0.29, 0.717) is 22.7 Å². The molecule has 0 saturated carbocycles. The zero-order valence-electron chi connectivity index (χ0n) is 22.1. The summed E-state index contributed by atoms with van der Waals surface area (Å²) in [7, 11) is 1.53. The van der Waals surface area contributed by atoms with Gasteiger partial charge in [0.2, 0.25) is 5.91 Å². The van der Waals surface area contributed by atoms with Crippen LogP contribution in [0.25, 0.3) is 0 Å². The number of para-hydroxylation sites is 1. The van der Waals surface area contributed by atoms with Crippen LogP contribution in [0.5, 0.6) is 5.75 Å². The summed E-state index contributed by atoms with van der Waals surface area (Å²) in [6.45, 7) is -0.461. The number of rotatable bonds is 9. The van der Waals surface area contributed by atoms with Gasteiger partial charge in [0.15, 0.2) is 0 Å². The van der Waals surface area contributed by atoms with Crippen LogP contribution in [-0.4, -0.2) is 42.1 Å². The van der Waals surface area contributed by atoms with Crippen LogP contribution in [0.2, 0.25) is 0 Å². The Labute approximate surface area is 236 Å². The highest BCUT2D eigenvalue weighted by Crippen LogP contribution is 2.31. The van der Waals surface area contributed by atoms with Crippen LogP contribution in [0.4, 0.5) is 15.8 Å². The van der Waals surface area contributed by atoms with Gasteiger partial charge in [-0.15, -0.1) is 0 Å². The number of amides is 3. The highest BCUT2D eigenvalue weighted by atomic mass is 19.1. The number of hydrogen-bond donors (Lipinski definition) is 1. The molecule has 1 unspecified atom stereocenters. The normalized spacial score (nSPS) is 13.0. The van der Waals surface area contributed by atoms with Crippen molar-refractivity contribution in [2.24, 2.45) is 0 Å². The van der Waals surface area contributed by atoms with Crippen LogP contribution in [0.3, 0.4) is 0 Å². The number of carbonyl (C=O) groups is 4. The summed E-state index contributed by atoms with van der Waals surface area (Å²) in [4.78, 5) is 55.8. The predicted octanol–water partition coefficient (Wildman–Crippen LogP) is 4.77. The number of halogens is 1. The molecule has 0 aromatic heterocycles. The fourth-order valence-electron chi connectivity index (χ4n) is 4.74. The van der Waals surface area contributed by atoms with Crippen LogP contribution in [0.15, 0.2) is 103 Å². The SMILES string of the molecule is COc1ccc(NC(=O)C(c2ccc(F)cc2)N(Cc2ccccc2)C(=O)CN2C(=O)C(=O)c3ccccc32)cc1. The molecule has 5 rings (SSSR count). The van der Waals surface area contributed by atoms with Crippen molar-refractivity contribution in [1.29, 1.82) is 0 Å². The lowest BCUT2D eigenvalue weighted by atomic mass is 10.0. The number of Topliss-reactive ketones (excluding diaryl/α,β-unsaturated/α-hetero) is 1. The Balaban J connectivity index is 1.53. The summed E-state index contributed by atoms with van der Waals surface area (Å²) in [5.41, 5.74) is 2.10. The first-order valence-electron chi connectivity index (χ1n) is 12.8. The van der Waals surface area contributed by atoms with Gasteiger partial charge in [0.1, 0.15) is 24.2 Å². The number of nitrogens with one attached hydrogen (secondary N) is 1. The minimum Gasteiger partial charge on any atom is -0.497 e. The maximum Gasteiger partial charge on any atom is 0.299 e. The molecular weight excluding hydrogens is 525 g/mol. The first-order valence-corrected chi connectivity index (χ1v) is 12.8. The van der Waals surface area contributed by atoms with Crippen molar-refractivity contribution in [3.63, 3.8) is 0 Å². The number of ketones is 1. The van der Waals surface area contributed by atoms with E-state index in [1.54, 1.807) is 54.6 Å². The first-order chi connectivity index (χ1) is 19.9. The van der Waals surface area contributed by atoms with E-state index in [-0.39, 0.29) is 12.1 Å². The fraction of sp³-hybridized carbons (Fsp3) is 0.125. The highest BCUT2D eigenvalue weighted by Gasteiger charge is 2.39. The van der Waals surface area contributed by atoms with E-state index in [1.165, 1.54) is 42.3 Å². The fourth-order valence-corrected chi connectivity index (χ4v) is 4.74. The molecule has 1 aliphatic rings. The zero-order valence-corrected chi connectivity index (χ0v) is 22.1. The third-order valence-electron chi connectivity index (χ3n) is 6.79. The number of hydrogen-bond acceptors (Lipinski definition) is 5.